The fraction of sp³-hybridized carbons (Fsp3) is 0.500. The summed E-state index contributed by atoms with van der Waals surface area (Å²) in [5.74, 6) is 1.14. The Morgan fingerprint density at radius 1 is 1.32 bits per heavy atom. The van der Waals surface area contributed by atoms with Gasteiger partial charge in [-0.25, -0.2) is 4.98 Å². The van der Waals surface area contributed by atoms with Crippen LogP contribution in [0.2, 0.25) is 0 Å². The monoisotopic (exact) mass is 282 g/mol. The van der Waals surface area contributed by atoms with Gasteiger partial charge in [-0.1, -0.05) is 6.92 Å². The van der Waals surface area contributed by atoms with Gasteiger partial charge in [0.05, 0.1) is 24.1 Å². The second-order valence-electron chi connectivity index (χ2n) is 4.36. The highest BCUT2D eigenvalue weighted by Crippen LogP contribution is 2.29. The third kappa shape index (κ3) is 2.63. The van der Waals surface area contributed by atoms with Gasteiger partial charge in [0, 0.05) is 7.05 Å². The van der Waals surface area contributed by atoms with Crippen LogP contribution in [0, 0.1) is 0 Å². The first-order valence-electron chi connectivity index (χ1n) is 6.11. The van der Waals surface area contributed by atoms with E-state index in [-0.39, 0.29) is 13.2 Å². The van der Waals surface area contributed by atoms with Gasteiger partial charge < -0.3 is 20.8 Å². The second-order valence-corrected chi connectivity index (χ2v) is 5.25. The molecule has 104 valence electrons. The topological polar surface area (TPSA) is 90.3 Å². The summed E-state index contributed by atoms with van der Waals surface area (Å²) in [7, 11) is 1.75. The highest BCUT2D eigenvalue weighted by molar-refractivity contribution is 7.16. The van der Waals surface area contributed by atoms with E-state index < -0.39 is 5.54 Å². The van der Waals surface area contributed by atoms with Crippen LogP contribution in [0.15, 0.2) is 11.4 Å². The first-order chi connectivity index (χ1) is 9.18. The number of hydrogen-bond donors (Lipinski definition) is 4. The molecule has 6 nitrogen and oxygen atoms in total. The summed E-state index contributed by atoms with van der Waals surface area (Å²) in [6.45, 7) is 1.58. The number of aliphatic hydroxyl groups excluding tert-OH is 2. The zero-order valence-electron chi connectivity index (χ0n) is 11.0. The highest BCUT2D eigenvalue weighted by Gasteiger charge is 2.27. The molecule has 19 heavy (non-hydrogen) atoms. The van der Waals surface area contributed by atoms with E-state index in [1.807, 2.05) is 18.4 Å². The van der Waals surface area contributed by atoms with Crippen molar-refractivity contribution in [2.75, 3.05) is 30.9 Å². The third-order valence-corrected chi connectivity index (χ3v) is 4.02. The van der Waals surface area contributed by atoms with Gasteiger partial charge in [0.15, 0.2) is 0 Å². The molecule has 0 radical (unpaired) electrons. The summed E-state index contributed by atoms with van der Waals surface area (Å²) in [6.07, 6.45) is 0.588. The molecule has 0 aromatic carbocycles. The molecule has 0 unspecified atom stereocenters. The van der Waals surface area contributed by atoms with Gasteiger partial charge in [-0.05, 0) is 17.9 Å². The van der Waals surface area contributed by atoms with E-state index >= 15 is 0 Å². The van der Waals surface area contributed by atoms with Crippen LogP contribution in [0.4, 0.5) is 11.8 Å². The summed E-state index contributed by atoms with van der Waals surface area (Å²) in [6, 6.07) is 1.93. The van der Waals surface area contributed by atoms with E-state index in [0.717, 1.165) is 10.2 Å². The Morgan fingerprint density at radius 2 is 2.05 bits per heavy atom. The number of nitrogens with zero attached hydrogens (tertiary/aromatic N) is 2. The van der Waals surface area contributed by atoms with Gasteiger partial charge in [0.2, 0.25) is 5.95 Å². The lowest BCUT2D eigenvalue weighted by molar-refractivity contribution is 0.132. The second kappa shape index (κ2) is 5.68. The Bertz CT molecular complexity index is 545. The molecular weight excluding hydrogens is 264 g/mol. The number of rotatable bonds is 6. The molecule has 0 bridgehead atoms. The first kappa shape index (κ1) is 14.0. The van der Waals surface area contributed by atoms with Gasteiger partial charge in [-0.15, -0.1) is 11.3 Å². The minimum Gasteiger partial charge on any atom is -0.394 e. The van der Waals surface area contributed by atoms with E-state index in [1.54, 1.807) is 7.05 Å². The van der Waals surface area contributed by atoms with Crippen molar-refractivity contribution in [2.45, 2.75) is 18.9 Å². The lowest BCUT2D eigenvalue weighted by Crippen LogP contribution is -2.45. The average molecular weight is 282 g/mol. The van der Waals surface area contributed by atoms with Crippen molar-refractivity contribution in [2.24, 2.45) is 0 Å². The molecular formula is C12H18N4O2S. The number of anilines is 2. The van der Waals surface area contributed by atoms with Gasteiger partial charge in [0.1, 0.15) is 10.6 Å². The minimum atomic E-state index is -0.770. The maximum Gasteiger partial charge on any atom is 0.225 e. The Balaban J connectivity index is 2.46. The number of aliphatic hydroxyl groups is 2. The Hall–Kier alpha value is -1.44. The van der Waals surface area contributed by atoms with Gasteiger partial charge >= 0.3 is 0 Å². The SMILES string of the molecule is CCC(CO)(CO)Nc1nc(NC)nc2sccc12. The van der Waals surface area contributed by atoms with Crippen LogP contribution in [0.25, 0.3) is 10.2 Å². The van der Waals surface area contributed by atoms with E-state index in [2.05, 4.69) is 20.6 Å². The predicted molar refractivity (Wildman–Crippen MR) is 77.8 cm³/mol. The molecule has 0 fully saturated rings. The zero-order chi connectivity index (χ0) is 13.9. The minimum absolute atomic E-state index is 0.162. The quantitative estimate of drug-likeness (QED) is 0.638. The van der Waals surface area contributed by atoms with Crippen LogP contribution in [-0.4, -0.2) is 46.0 Å². The van der Waals surface area contributed by atoms with Crippen LogP contribution >= 0.6 is 11.3 Å². The number of nitrogens with one attached hydrogen (secondary N) is 2. The van der Waals surface area contributed by atoms with E-state index in [9.17, 15) is 10.2 Å². The normalized spacial score (nSPS) is 11.8. The van der Waals surface area contributed by atoms with Crippen LogP contribution in [0.3, 0.4) is 0 Å². The molecule has 0 aliphatic rings. The van der Waals surface area contributed by atoms with Crippen LogP contribution < -0.4 is 10.6 Å². The van der Waals surface area contributed by atoms with Gasteiger partial charge in [-0.2, -0.15) is 4.98 Å². The Kier molecular flexibility index (Phi) is 4.18. The molecule has 0 saturated heterocycles. The maximum absolute atomic E-state index is 9.51. The zero-order valence-corrected chi connectivity index (χ0v) is 11.8. The largest absolute Gasteiger partial charge is 0.394 e. The molecule has 0 atom stereocenters. The summed E-state index contributed by atoms with van der Waals surface area (Å²) < 4.78 is 0. The molecule has 2 rings (SSSR count). The summed E-state index contributed by atoms with van der Waals surface area (Å²) in [4.78, 5) is 9.59. The summed E-state index contributed by atoms with van der Waals surface area (Å²) >= 11 is 1.52. The van der Waals surface area contributed by atoms with Crippen LogP contribution in [0.1, 0.15) is 13.3 Å². The first-order valence-corrected chi connectivity index (χ1v) is 6.99. The van der Waals surface area contributed by atoms with Crippen LogP contribution in [-0.2, 0) is 0 Å². The van der Waals surface area contributed by atoms with Crippen molar-refractivity contribution in [1.29, 1.82) is 0 Å². The number of thiophene rings is 1. The molecule has 2 aromatic rings. The Morgan fingerprint density at radius 3 is 2.63 bits per heavy atom. The Labute approximate surface area is 115 Å². The van der Waals surface area contributed by atoms with E-state index in [0.29, 0.717) is 18.2 Å². The molecule has 0 saturated carbocycles. The molecule has 2 heterocycles. The van der Waals surface area contributed by atoms with E-state index in [4.69, 9.17) is 0 Å². The van der Waals surface area contributed by atoms with Gasteiger partial charge in [0.25, 0.3) is 0 Å². The molecule has 4 N–H and O–H groups in total. The van der Waals surface area contributed by atoms with Crippen molar-refractivity contribution in [3.05, 3.63) is 11.4 Å². The lowest BCUT2D eigenvalue weighted by Gasteiger charge is -2.30. The third-order valence-electron chi connectivity index (χ3n) is 3.21. The molecule has 7 heteroatoms. The molecule has 0 amide bonds. The fourth-order valence-electron chi connectivity index (χ4n) is 1.75. The molecule has 0 spiro atoms. The smallest absolute Gasteiger partial charge is 0.225 e. The lowest BCUT2D eigenvalue weighted by atomic mass is 9.98. The molecule has 0 aliphatic carbocycles. The summed E-state index contributed by atoms with van der Waals surface area (Å²) in [5.41, 5.74) is -0.770. The van der Waals surface area contributed by atoms with Crippen molar-refractivity contribution < 1.29 is 10.2 Å². The number of fused-ring (bicyclic) bond motifs is 1. The number of hydrogen-bond acceptors (Lipinski definition) is 7. The standard InChI is InChI=1S/C12H18N4O2S/c1-3-12(6-17,7-18)16-9-8-4-5-19-10(8)15-11(13-2)14-9/h4-5,17-18H,3,6-7H2,1-2H3,(H2,13,14,15,16). The average Bonchev–Trinajstić information content (AvgIpc) is 2.93. The molecule has 2 aromatic heterocycles. The number of aromatic nitrogens is 2. The fourth-order valence-corrected chi connectivity index (χ4v) is 2.52. The van der Waals surface area contributed by atoms with E-state index in [1.165, 1.54) is 11.3 Å². The summed E-state index contributed by atoms with van der Waals surface area (Å²) in [5, 5.41) is 27.9. The predicted octanol–water partition coefficient (Wildman–Crippen LogP) is 1.28. The van der Waals surface area contributed by atoms with Crippen molar-refractivity contribution in [3.63, 3.8) is 0 Å². The molecule has 0 aliphatic heterocycles. The van der Waals surface area contributed by atoms with Gasteiger partial charge in [-0.3, -0.25) is 0 Å². The van der Waals surface area contributed by atoms with Crippen molar-refractivity contribution in [3.8, 4) is 0 Å². The van der Waals surface area contributed by atoms with Crippen molar-refractivity contribution >= 4 is 33.3 Å². The van der Waals surface area contributed by atoms with Crippen molar-refractivity contribution in [1.82, 2.24) is 9.97 Å². The van der Waals surface area contributed by atoms with Crippen LogP contribution in [0.5, 0.6) is 0 Å². The highest BCUT2D eigenvalue weighted by atomic mass is 32.1. The maximum atomic E-state index is 9.51.